The van der Waals surface area contributed by atoms with Crippen molar-refractivity contribution in [3.8, 4) is 11.1 Å². The number of hydrogen-bond acceptors (Lipinski definition) is 6. The van der Waals surface area contributed by atoms with Gasteiger partial charge in [-0.2, -0.15) is 4.99 Å². The van der Waals surface area contributed by atoms with E-state index in [4.69, 9.17) is 4.74 Å². The van der Waals surface area contributed by atoms with Gasteiger partial charge in [-0.25, -0.2) is 0 Å². The second-order valence-corrected chi connectivity index (χ2v) is 9.74. The molecule has 1 fully saturated rings. The number of hydrogen-bond donors (Lipinski definition) is 2. The number of carbonyl (C=O) groups excluding carboxylic acids is 2. The summed E-state index contributed by atoms with van der Waals surface area (Å²) in [5.74, 6) is -1.17. The summed E-state index contributed by atoms with van der Waals surface area (Å²) in [5.41, 5.74) is 1.11. The topological polar surface area (TPSA) is 101 Å². The number of nitrogens with one attached hydrogen (secondary N) is 1. The maximum atomic E-state index is 13.0. The van der Waals surface area contributed by atoms with E-state index in [2.05, 4.69) is 15.3 Å². The minimum absolute atomic E-state index is 0.297. The molecule has 7 nitrogen and oxygen atoms in total. The third kappa shape index (κ3) is 4.30. The predicted molar refractivity (Wildman–Crippen MR) is 121 cm³/mol. The van der Waals surface area contributed by atoms with E-state index < -0.39 is 23.2 Å². The van der Waals surface area contributed by atoms with Gasteiger partial charge >= 0.3 is 5.97 Å². The molecular formula is C25H29N3O4. The molecule has 2 N–H and O–H groups in total. The average molecular weight is 436 g/mol. The van der Waals surface area contributed by atoms with Gasteiger partial charge in [0.15, 0.2) is 0 Å². The number of esters is 1. The van der Waals surface area contributed by atoms with Crippen LogP contribution in [0.15, 0.2) is 53.8 Å². The van der Waals surface area contributed by atoms with Crippen molar-refractivity contribution in [3.05, 3.63) is 54.4 Å². The standard InChI is InChI=1S/C25H29N3O4/c1-24(2,3)32-22(30)20-13-18(29)12-19(20)21-27-23(31)25(4,28-21)17-9-7-15(8-10-17)16-6-5-11-26-14-16/h5-11,14,18-20,29H,12-13H2,1-4H3,(H,27,28,31)/t18-,19?,20?,25?/m1/s1. The number of ether oxygens (including phenoxy) is 1. The molecule has 1 amide bonds. The Hall–Kier alpha value is -3.06. The molecule has 0 spiro atoms. The van der Waals surface area contributed by atoms with Crippen molar-refractivity contribution in [2.75, 3.05) is 0 Å². The molecule has 0 bridgehead atoms. The van der Waals surface area contributed by atoms with Gasteiger partial charge in [-0.1, -0.05) is 30.3 Å². The molecule has 1 aromatic carbocycles. The highest BCUT2D eigenvalue weighted by atomic mass is 16.6. The van der Waals surface area contributed by atoms with Crippen LogP contribution >= 0.6 is 0 Å². The molecule has 168 valence electrons. The number of nitrogens with zero attached hydrogens (tertiary/aromatic N) is 2. The minimum Gasteiger partial charge on any atom is -0.460 e. The number of aliphatic imine (C=N–C) groups is 1. The molecule has 32 heavy (non-hydrogen) atoms. The fraction of sp³-hybridized carbons (Fsp3) is 0.440. The SMILES string of the molecule is CC(C)(C)OC(=O)C1C[C@H](O)CC1C1=NC(=O)C(C)(c2ccc(-c3cccnc3)cc2)N1. The molecule has 3 unspecified atom stereocenters. The lowest BCUT2D eigenvalue weighted by molar-refractivity contribution is -0.160. The Kier molecular flexibility index (Phi) is 5.63. The van der Waals surface area contributed by atoms with Crippen molar-refractivity contribution in [3.63, 3.8) is 0 Å². The third-order valence-corrected chi connectivity index (χ3v) is 6.08. The van der Waals surface area contributed by atoms with Crippen LogP contribution < -0.4 is 5.32 Å². The zero-order valence-corrected chi connectivity index (χ0v) is 18.8. The molecule has 1 saturated carbocycles. The maximum absolute atomic E-state index is 13.0. The lowest BCUT2D eigenvalue weighted by Gasteiger charge is -2.27. The number of carbonyl (C=O) groups is 2. The number of amidine groups is 1. The van der Waals surface area contributed by atoms with Gasteiger partial charge in [0.05, 0.1) is 12.0 Å². The molecular weight excluding hydrogens is 406 g/mol. The molecule has 2 aliphatic rings. The first-order valence-corrected chi connectivity index (χ1v) is 10.9. The van der Waals surface area contributed by atoms with E-state index in [1.54, 1.807) is 19.3 Å². The number of aliphatic hydroxyl groups is 1. The van der Waals surface area contributed by atoms with Gasteiger partial charge in [0, 0.05) is 18.3 Å². The van der Waals surface area contributed by atoms with Crippen molar-refractivity contribution in [1.82, 2.24) is 10.3 Å². The van der Waals surface area contributed by atoms with Crippen LogP contribution in [0.25, 0.3) is 11.1 Å². The van der Waals surface area contributed by atoms with Crippen LogP contribution in [0, 0.1) is 11.8 Å². The maximum Gasteiger partial charge on any atom is 0.310 e. The van der Waals surface area contributed by atoms with E-state index >= 15 is 0 Å². The Morgan fingerprint density at radius 2 is 1.88 bits per heavy atom. The lowest BCUT2D eigenvalue weighted by Crippen LogP contribution is -2.46. The van der Waals surface area contributed by atoms with E-state index in [-0.39, 0.29) is 17.8 Å². The van der Waals surface area contributed by atoms with Crippen molar-refractivity contribution in [2.45, 2.75) is 57.8 Å². The number of benzene rings is 1. The van der Waals surface area contributed by atoms with Gasteiger partial charge in [-0.15, -0.1) is 0 Å². The molecule has 1 aliphatic heterocycles. The predicted octanol–water partition coefficient (Wildman–Crippen LogP) is 3.22. The highest BCUT2D eigenvalue weighted by molar-refractivity contribution is 6.08. The van der Waals surface area contributed by atoms with E-state index in [1.807, 2.05) is 57.2 Å². The molecule has 4 rings (SSSR count). The number of rotatable bonds is 4. The second-order valence-electron chi connectivity index (χ2n) is 9.74. The quantitative estimate of drug-likeness (QED) is 0.715. The summed E-state index contributed by atoms with van der Waals surface area (Å²) in [6.45, 7) is 7.23. The number of pyridine rings is 1. The molecule has 0 radical (unpaired) electrons. The summed E-state index contributed by atoms with van der Waals surface area (Å²) in [7, 11) is 0. The van der Waals surface area contributed by atoms with Crippen LogP contribution in [0.2, 0.25) is 0 Å². The smallest absolute Gasteiger partial charge is 0.310 e. The van der Waals surface area contributed by atoms with Crippen molar-refractivity contribution < 1.29 is 19.4 Å². The van der Waals surface area contributed by atoms with Crippen LogP contribution in [-0.2, 0) is 19.9 Å². The number of amides is 1. The van der Waals surface area contributed by atoms with Crippen LogP contribution in [-0.4, -0.2) is 39.5 Å². The fourth-order valence-electron chi connectivity index (χ4n) is 4.41. The van der Waals surface area contributed by atoms with Crippen LogP contribution in [0.1, 0.15) is 46.1 Å². The number of aromatic nitrogens is 1. The first kappa shape index (κ1) is 22.1. The molecule has 7 heteroatoms. The van der Waals surface area contributed by atoms with Crippen molar-refractivity contribution in [1.29, 1.82) is 0 Å². The first-order chi connectivity index (χ1) is 15.1. The normalized spacial score (nSPS) is 27.7. The highest BCUT2D eigenvalue weighted by Gasteiger charge is 2.49. The summed E-state index contributed by atoms with van der Waals surface area (Å²) >= 11 is 0. The minimum atomic E-state index is -1.03. The fourth-order valence-corrected chi connectivity index (χ4v) is 4.41. The summed E-state index contributed by atoms with van der Waals surface area (Å²) in [6.07, 6.45) is 3.54. The summed E-state index contributed by atoms with van der Waals surface area (Å²) in [5, 5.41) is 13.5. The van der Waals surface area contributed by atoms with E-state index in [0.29, 0.717) is 18.7 Å². The zero-order valence-electron chi connectivity index (χ0n) is 18.8. The lowest BCUT2D eigenvalue weighted by atomic mass is 9.89. The largest absolute Gasteiger partial charge is 0.460 e. The summed E-state index contributed by atoms with van der Waals surface area (Å²) in [4.78, 5) is 34.1. The molecule has 2 aromatic rings. The summed E-state index contributed by atoms with van der Waals surface area (Å²) < 4.78 is 5.56. The van der Waals surface area contributed by atoms with Gasteiger partial charge in [-0.05, 0) is 63.3 Å². The molecule has 4 atom stereocenters. The third-order valence-electron chi connectivity index (χ3n) is 6.08. The Bertz CT molecular complexity index is 1040. The van der Waals surface area contributed by atoms with Crippen molar-refractivity contribution in [2.24, 2.45) is 16.8 Å². The van der Waals surface area contributed by atoms with Gasteiger partial charge in [0.2, 0.25) is 0 Å². The monoisotopic (exact) mass is 435 g/mol. The van der Waals surface area contributed by atoms with Crippen molar-refractivity contribution >= 4 is 17.7 Å². The Morgan fingerprint density at radius 1 is 1.16 bits per heavy atom. The Morgan fingerprint density at radius 3 is 2.50 bits per heavy atom. The van der Waals surface area contributed by atoms with Crippen LogP contribution in [0.3, 0.4) is 0 Å². The van der Waals surface area contributed by atoms with Gasteiger partial charge in [0.25, 0.3) is 5.91 Å². The molecule has 0 saturated heterocycles. The molecule has 1 aromatic heterocycles. The van der Waals surface area contributed by atoms with Crippen LogP contribution in [0.4, 0.5) is 0 Å². The molecule has 2 heterocycles. The Balaban J connectivity index is 1.54. The summed E-state index contributed by atoms with van der Waals surface area (Å²) in [6, 6.07) is 11.6. The van der Waals surface area contributed by atoms with Gasteiger partial charge in [0.1, 0.15) is 17.0 Å². The molecule has 1 aliphatic carbocycles. The average Bonchev–Trinajstić information content (AvgIpc) is 3.28. The Labute approximate surface area is 187 Å². The number of aliphatic hydroxyl groups excluding tert-OH is 1. The van der Waals surface area contributed by atoms with Crippen LogP contribution in [0.5, 0.6) is 0 Å². The second kappa shape index (κ2) is 8.13. The zero-order chi connectivity index (χ0) is 23.1. The van der Waals surface area contributed by atoms with Gasteiger partial charge in [-0.3, -0.25) is 14.6 Å². The van der Waals surface area contributed by atoms with E-state index in [9.17, 15) is 14.7 Å². The first-order valence-electron chi connectivity index (χ1n) is 10.9. The van der Waals surface area contributed by atoms with E-state index in [0.717, 1.165) is 16.7 Å². The van der Waals surface area contributed by atoms with E-state index in [1.165, 1.54) is 0 Å². The van der Waals surface area contributed by atoms with Gasteiger partial charge < -0.3 is 15.2 Å². The highest BCUT2D eigenvalue weighted by Crippen LogP contribution is 2.38.